The molecule has 0 radical (unpaired) electrons. The smallest absolute Gasteiger partial charge is 0.416 e. The summed E-state index contributed by atoms with van der Waals surface area (Å²) in [6.45, 7) is 3.27. The lowest BCUT2D eigenvalue weighted by Gasteiger charge is -2.17. The highest BCUT2D eigenvalue weighted by Crippen LogP contribution is 2.32. The fourth-order valence-electron chi connectivity index (χ4n) is 1.53. The van der Waals surface area contributed by atoms with Gasteiger partial charge < -0.3 is 10.4 Å². The van der Waals surface area contributed by atoms with Crippen molar-refractivity contribution < 1.29 is 23.1 Å². The Morgan fingerprint density at radius 3 is 2.56 bits per heavy atom. The lowest BCUT2D eigenvalue weighted by atomic mass is 10.1. The molecule has 0 amide bonds. The van der Waals surface area contributed by atoms with Gasteiger partial charge in [-0.3, -0.25) is 4.79 Å². The van der Waals surface area contributed by atoms with Crippen LogP contribution in [0, 0.1) is 6.92 Å². The fraction of sp³-hybridized carbons (Fsp3) is 0.417. The highest BCUT2D eigenvalue weighted by atomic mass is 19.4. The molecule has 6 heteroatoms. The molecule has 1 atom stereocenters. The van der Waals surface area contributed by atoms with Crippen LogP contribution in [0.4, 0.5) is 18.9 Å². The number of carboxylic acid groups (broad SMARTS) is 1. The number of alkyl halides is 3. The van der Waals surface area contributed by atoms with Gasteiger partial charge in [-0.15, -0.1) is 0 Å². The zero-order chi connectivity index (χ0) is 13.9. The Bertz CT molecular complexity index is 443. The second-order valence-electron chi connectivity index (χ2n) is 4.17. The molecule has 0 heterocycles. The summed E-state index contributed by atoms with van der Waals surface area (Å²) in [5.74, 6) is -1.00. The number of anilines is 1. The maximum atomic E-state index is 12.5. The quantitative estimate of drug-likeness (QED) is 0.874. The molecule has 0 saturated carbocycles. The fourth-order valence-corrected chi connectivity index (χ4v) is 1.53. The maximum absolute atomic E-state index is 12.5. The van der Waals surface area contributed by atoms with Crippen LogP contribution in [0.2, 0.25) is 0 Å². The minimum atomic E-state index is -4.40. The predicted molar refractivity (Wildman–Crippen MR) is 61.5 cm³/mol. The standard InChI is InChI=1S/C12H14F3NO2/c1-7-3-4-9(12(13,14)15)6-10(7)16-8(2)5-11(17)18/h3-4,6,8,16H,5H2,1-2H3,(H,17,18). The minimum absolute atomic E-state index is 0.157. The summed E-state index contributed by atoms with van der Waals surface area (Å²) in [4.78, 5) is 10.5. The van der Waals surface area contributed by atoms with E-state index < -0.39 is 23.8 Å². The van der Waals surface area contributed by atoms with Crippen molar-refractivity contribution in [3.63, 3.8) is 0 Å². The van der Waals surface area contributed by atoms with Crippen LogP contribution in [0.3, 0.4) is 0 Å². The van der Waals surface area contributed by atoms with Crippen LogP contribution in [0.15, 0.2) is 18.2 Å². The second kappa shape index (κ2) is 5.29. The zero-order valence-corrected chi connectivity index (χ0v) is 10.0. The van der Waals surface area contributed by atoms with Gasteiger partial charge >= 0.3 is 12.1 Å². The number of aliphatic carboxylic acids is 1. The molecule has 0 saturated heterocycles. The highest BCUT2D eigenvalue weighted by molar-refractivity contribution is 5.68. The summed E-state index contributed by atoms with van der Waals surface area (Å²) in [6.07, 6.45) is -4.56. The van der Waals surface area contributed by atoms with Gasteiger partial charge in [0.1, 0.15) is 0 Å². The third-order valence-electron chi connectivity index (χ3n) is 2.45. The molecule has 1 unspecified atom stereocenters. The number of hydrogen-bond donors (Lipinski definition) is 2. The van der Waals surface area contributed by atoms with E-state index in [0.29, 0.717) is 11.3 Å². The van der Waals surface area contributed by atoms with Crippen molar-refractivity contribution in [2.75, 3.05) is 5.32 Å². The molecule has 0 bridgehead atoms. The molecule has 0 aromatic heterocycles. The maximum Gasteiger partial charge on any atom is 0.416 e. The van der Waals surface area contributed by atoms with Gasteiger partial charge in [-0.2, -0.15) is 13.2 Å². The van der Waals surface area contributed by atoms with E-state index in [1.165, 1.54) is 6.07 Å². The molecule has 0 aliphatic carbocycles. The van der Waals surface area contributed by atoms with Crippen LogP contribution in [0.5, 0.6) is 0 Å². The number of halogens is 3. The number of carboxylic acids is 1. The number of benzene rings is 1. The van der Waals surface area contributed by atoms with E-state index in [1.54, 1.807) is 13.8 Å². The van der Waals surface area contributed by atoms with Gasteiger partial charge in [0.05, 0.1) is 12.0 Å². The third kappa shape index (κ3) is 3.94. The Kier molecular flexibility index (Phi) is 4.21. The summed E-state index contributed by atoms with van der Waals surface area (Å²) < 4.78 is 37.6. The first-order valence-corrected chi connectivity index (χ1v) is 5.36. The highest BCUT2D eigenvalue weighted by Gasteiger charge is 2.30. The molecular weight excluding hydrogens is 247 g/mol. The van der Waals surface area contributed by atoms with Gasteiger partial charge in [0, 0.05) is 11.7 Å². The van der Waals surface area contributed by atoms with Gasteiger partial charge in [0.15, 0.2) is 0 Å². The lowest BCUT2D eigenvalue weighted by molar-refractivity contribution is -0.138. The summed E-state index contributed by atoms with van der Waals surface area (Å²) in [5, 5.41) is 11.4. The molecule has 100 valence electrons. The van der Waals surface area contributed by atoms with E-state index in [2.05, 4.69) is 5.32 Å². The Balaban J connectivity index is 2.91. The first-order chi connectivity index (χ1) is 8.20. The molecule has 0 aliphatic rings. The van der Waals surface area contributed by atoms with Crippen molar-refractivity contribution in [2.45, 2.75) is 32.5 Å². The number of nitrogens with one attached hydrogen (secondary N) is 1. The summed E-state index contributed by atoms with van der Waals surface area (Å²) in [6, 6.07) is 2.92. The molecule has 0 aliphatic heterocycles. The molecule has 2 N–H and O–H groups in total. The van der Waals surface area contributed by atoms with E-state index in [0.717, 1.165) is 12.1 Å². The third-order valence-corrected chi connectivity index (χ3v) is 2.45. The first-order valence-electron chi connectivity index (χ1n) is 5.36. The molecule has 18 heavy (non-hydrogen) atoms. The average Bonchev–Trinajstić information content (AvgIpc) is 2.18. The van der Waals surface area contributed by atoms with Crippen molar-refractivity contribution >= 4 is 11.7 Å². The SMILES string of the molecule is Cc1ccc(C(F)(F)F)cc1NC(C)CC(=O)O. The lowest BCUT2D eigenvalue weighted by Crippen LogP contribution is -2.20. The predicted octanol–water partition coefficient (Wildman–Crippen LogP) is 3.29. The topological polar surface area (TPSA) is 49.3 Å². The average molecular weight is 261 g/mol. The van der Waals surface area contributed by atoms with Gasteiger partial charge in [-0.05, 0) is 31.5 Å². The first kappa shape index (κ1) is 14.3. The van der Waals surface area contributed by atoms with Crippen molar-refractivity contribution in [3.05, 3.63) is 29.3 Å². The van der Waals surface area contributed by atoms with E-state index >= 15 is 0 Å². The Hall–Kier alpha value is -1.72. The number of aryl methyl sites for hydroxylation is 1. The van der Waals surface area contributed by atoms with Crippen LogP contribution in [-0.4, -0.2) is 17.1 Å². The summed E-state index contributed by atoms with van der Waals surface area (Å²) in [7, 11) is 0. The molecule has 3 nitrogen and oxygen atoms in total. The Morgan fingerprint density at radius 2 is 2.06 bits per heavy atom. The van der Waals surface area contributed by atoms with E-state index in [-0.39, 0.29) is 6.42 Å². The molecule has 0 spiro atoms. The van der Waals surface area contributed by atoms with E-state index in [4.69, 9.17) is 5.11 Å². The van der Waals surface area contributed by atoms with E-state index in [1.807, 2.05) is 0 Å². The van der Waals surface area contributed by atoms with Crippen LogP contribution < -0.4 is 5.32 Å². The van der Waals surface area contributed by atoms with Crippen molar-refractivity contribution in [1.29, 1.82) is 0 Å². The zero-order valence-electron chi connectivity index (χ0n) is 10.0. The van der Waals surface area contributed by atoms with E-state index in [9.17, 15) is 18.0 Å². The Labute approximate surface area is 103 Å². The molecule has 0 fully saturated rings. The molecule has 1 rings (SSSR count). The van der Waals surface area contributed by atoms with Crippen LogP contribution in [0.25, 0.3) is 0 Å². The molecule has 1 aromatic rings. The number of carbonyl (C=O) groups is 1. The number of rotatable bonds is 4. The summed E-state index contributed by atoms with van der Waals surface area (Å²) in [5.41, 5.74) is 0.192. The minimum Gasteiger partial charge on any atom is -0.481 e. The monoisotopic (exact) mass is 261 g/mol. The van der Waals surface area contributed by atoms with Crippen molar-refractivity contribution in [2.24, 2.45) is 0 Å². The van der Waals surface area contributed by atoms with Gasteiger partial charge in [0.25, 0.3) is 0 Å². The normalized spacial score (nSPS) is 13.2. The second-order valence-corrected chi connectivity index (χ2v) is 4.17. The molecular formula is C12H14F3NO2. The van der Waals surface area contributed by atoms with Crippen LogP contribution in [0.1, 0.15) is 24.5 Å². The van der Waals surface area contributed by atoms with Crippen molar-refractivity contribution in [3.8, 4) is 0 Å². The van der Waals surface area contributed by atoms with Crippen LogP contribution >= 0.6 is 0 Å². The largest absolute Gasteiger partial charge is 0.481 e. The van der Waals surface area contributed by atoms with Gasteiger partial charge in [-0.1, -0.05) is 6.07 Å². The van der Waals surface area contributed by atoms with Gasteiger partial charge in [-0.25, -0.2) is 0 Å². The number of hydrogen-bond acceptors (Lipinski definition) is 2. The summed E-state index contributed by atoms with van der Waals surface area (Å²) >= 11 is 0. The Morgan fingerprint density at radius 1 is 1.44 bits per heavy atom. The van der Waals surface area contributed by atoms with Crippen molar-refractivity contribution in [1.82, 2.24) is 0 Å². The molecule has 1 aromatic carbocycles. The van der Waals surface area contributed by atoms with Gasteiger partial charge in [0.2, 0.25) is 0 Å². The van der Waals surface area contributed by atoms with Crippen LogP contribution in [-0.2, 0) is 11.0 Å².